The Morgan fingerprint density at radius 1 is 1.14 bits per heavy atom. The summed E-state index contributed by atoms with van der Waals surface area (Å²) in [6.07, 6.45) is 7.34. The van der Waals surface area contributed by atoms with Crippen molar-refractivity contribution in [1.29, 1.82) is 0 Å². The van der Waals surface area contributed by atoms with Crippen molar-refractivity contribution >= 4 is 0 Å². The van der Waals surface area contributed by atoms with Crippen molar-refractivity contribution in [3.05, 3.63) is 35.6 Å². The first-order valence-electron chi connectivity index (χ1n) is 8.30. The molecule has 1 N–H and O–H groups in total. The van der Waals surface area contributed by atoms with Gasteiger partial charge in [-0.1, -0.05) is 57.7 Å². The van der Waals surface area contributed by atoms with Gasteiger partial charge in [0, 0.05) is 18.2 Å². The Morgan fingerprint density at radius 3 is 2.43 bits per heavy atom. The van der Waals surface area contributed by atoms with Crippen molar-refractivity contribution in [2.45, 2.75) is 70.6 Å². The molecule has 0 bridgehead atoms. The van der Waals surface area contributed by atoms with Gasteiger partial charge in [-0.05, 0) is 18.9 Å². The molecule has 1 aromatic rings. The Hall–Kier alpha value is -0.930. The first kappa shape index (κ1) is 16.4. The lowest BCUT2D eigenvalue weighted by molar-refractivity contribution is -0.0224. The van der Waals surface area contributed by atoms with Crippen molar-refractivity contribution in [3.8, 4) is 0 Å². The number of benzene rings is 1. The van der Waals surface area contributed by atoms with Gasteiger partial charge in [0.05, 0.1) is 12.2 Å². The SMILES string of the molecule is CC(C)NCC(OC1CCCCCC1)c1ccccc1F. The van der Waals surface area contributed by atoms with E-state index in [0.717, 1.165) is 12.8 Å². The topological polar surface area (TPSA) is 21.3 Å². The zero-order chi connectivity index (χ0) is 15.1. The second-order valence-electron chi connectivity index (χ2n) is 6.32. The maximum Gasteiger partial charge on any atom is 0.129 e. The second kappa shape index (κ2) is 8.50. The Morgan fingerprint density at radius 2 is 1.81 bits per heavy atom. The van der Waals surface area contributed by atoms with Crippen LogP contribution in [0.2, 0.25) is 0 Å². The van der Waals surface area contributed by atoms with Crippen molar-refractivity contribution in [1.82, 2.24) is 5.32 Å². The summed E-state index contributed by atoms with van der Waals surface area (Å²) in [5.41, 5.74) is 0.676. The second-order valence-corrected chi connectivity index (χ2v) is 6.32. The molecule has 1 unspecified atom stereocenters. The smallest absolute Gasteiger partial charge is 0.129 e. The molecule has 2 rings (SSSR count). The highest BCUT2D eigenvalue weighted by molar-refractivity contribution is 5.20. The molecule has 3 heteroatoms. The van der Waals surface area contributed by atoms with Crippen LogP contribution in [-0.4, -0.2) is 18.7 Å². The molecule has 1 saturated carbocycles. The molecule has 0 amide bonds. The lowest BCUT2D eigenvalue weighted by atomic mass is 10.1. The van der Waals surface area contributed by atoms with E-state index < -0.39 is 0 Å². The molecule has 1 aromatic carbocycles. The maximum atomic E-state index is 14.1. The number of halogens is 1. The van der Waals surface area contributed by atoms with E-state index in [9.17, 15) is 4.39 Å². The van der Waals surface area contributed by atoms with Gasteiger partial charge >= 0.3 is 0 Å². The van der Waals surface area contributed by atoms with Gasteiger partial charge in [-0.2, -0.15) is 0 Å². The summed E-state index contributed by atoms with van der Waals surface area (Å²) in [5, 5.41) is 3.38. The van der Waals surface area contributed by atoms with Crippen LogP contribution >= 0.6 is 0 Å². The van der Waals surface area contributed by atoms with Gasteiger partial charge in [0.2, 0.25) is 0 Å². The largest absolute Gasteiger partial charge is 0.369 e. The van der Waals surface area contributed by atoms with E-state index >= 15 is 0 Å². The Kier molecular flexibility index (Phi) is 6.65. The normalized spacial score (nSPS) is 18.7. The molecular formula is C18H28FNO. The molecule has 0 radical (unpaired) electrons. The summed E-state index contributed by atoms with van der Waals surface area (Å²) in [5.74, 6) is -0.165. The minimum absolute atomic E-state index is 0.165. The van der Waals surface area contributed by atoms with Crippen LogP contribution in [0.15, 0.2) is 24.3 Å². The first-order chi connectivity index (χ1) is 10.2. The number of ether oxygens (including phenoxy) is 1. The van der Waals surface area contributed by atoms with E-state index in [2.05, 4.69) is 19.2 Å². The predicted octanol–water partition coefficient (Wildman–Crippen LogP) is 4.60. The average Bonchev–Trinajstić information content (AvgIpc) is 2.72. The van der Waals surface area contributed by atoms with E-state index in [-0.39, 0.29) is 18.0 Å². The zero-order valence-corrected chi connectivity index (χ0v) is 13.3. The number of hydrogen-bond acceptors (Lipinski definition) is 2. The minimum atomic E-state index is -0.198. The molecule has 0 aromatic heterocycles. The number of rotatable bonds is 6. The summed E-state index contributed by atoms with van der Waals surface area (Å²) in [6.45, 7) is 4.86. The summed E-state index contributed by atoms with van der Waals surface area (Å²) >= 11 is 0. The Balaban J connectivity index is 2.06. The molecular weight excluding hydrogens is 265 g/mol. The number of hydrogen-bond donors (Lipinski definition) is 1. The minimum Gasteiger partial charge on any atom is -0.369 e. The zero-order valence-electron chi connectivity index (χ0n) is 13.3. The fourth-order valence-electron chi connectivity index (χ4n) is 2.92. The van der Waals surface area contributed by atoms with Crippen molar-refractivity contribution in [2.75, 3.05) is 6.54 Å². The molecule has 0 aliphatic heterocycles. The van der Waals surface area contributed by atoms with Crippen LogP contribution in [0.4, 0.5) is 4.39 Å². The predicted molar refractivity (Wildman–Crippen MR) is 84.9 cm³/mol. The van der Waals surface area contributed by atoms with E-state index in [1.54, 1.807) is 6.07 Å². The van der Waals surface area contributed by atoms with Gasteiger partial charge in [0.1, 0.15) is 5.82 Å². The van der Waals surface area contributed by atoms with Crippen LogP contribution in [0.5, 0.6) is 0 Å². The fourth-order valence-corrected chi connectivity index (χ4v) is 2.92. The molecule has 1 fully saturated rings. The van der Waals surface area contributed by atoms with E-state index in [0.29, 0.717) is 18.2 Å². The van der Waals surface area contributed by atoms with Crippen LogP contribution < -0.4 is 5.32 Å². The summed E-state index contributed by atoms with van der Waals surface area (Å²) in [4.78, 5) is 0. The van der Waals surface area contributed by atoms with E-state index in [1.165, 1.54) is 31.7 Å². The molecule has 21 heavy (non-hydrogen) atoms. The Bertz CT molecular complexity index is 413. The summed E-state index contributed by atoms with van der Waals surface area (Å²) in [6, 6.07) is 7.36. The molecule has 1 aliphatic rings. The lowest BCUT2D eigenvalue weighted by Crippen LogP contribution is -2.31. The molecule has 0 saturated heterocycles. The highest BCUT2D eigenvalue weighted by atomic mass is 19.1. The fraction of sp³-hybridized carbons (Fsp3) is 0.667. The van der Waals surface area contributed by atoms with Crippen LogP contribution in [0.25, 0.3) is 0 Å². The van der Waals surface area contributed by atoms with Crippen molar-refractivity contribution in [3.63, 3.8) is 0 Å². The highest BCUT2D eigenvalue weighted by Gasteiger charge is 2.22. The van der Waals surface area contributed by atoms with Gasteiger partial charge in [-0.3, -0.25) is 0 Å². The van der Waals surface area contributed by atoms with Gasteiger partial charge in [-0.15, -0.1) is 0 Å². The van der Waals surface area contributed by atoms with E-state index in [4.69, 9.17) is 4.74 Å². The lowest BCUT2D eigenvalue weighted by Gasteiger charge is -2.26. The molecule has 118 valence electrons. The summed E-state index contributed by atoms with van der Waals surface area (Å²) < 4.78 is 20.4. The third-order valence-corrected chi connectivity index (χ3v) is 4.12. The van der Waals surface area contributed by atoms with Crippen molar-refractivity contribution in [2.24, 2.45) is 0 Å². The molecule has 1 aliphatic carbocycles. The van der Waals surface area contributed by atoms with Gasteiger partial charge in [0.15, 0.2) is 0 Å². The molecule has 0 spiro atoms. The van der Waals surface area contributed by atoms with Crippen LogP contribution in [0, 0.1) is 5.82 Å². The molecule has 2 nitrogen and oxygen atoms in total. The van der Waals surface area contributed by atoms with Gasteiger partial charge in [0.25, 0.3) is 0 Å². The number of nitrogens with one attached hydrogen (secondary N) is 1. The van der Waals surface area contributed by atoms with Crippen LogP contribution in [0.3, 0.4) is 0 Å². The monoisotopic (exact) mass is 293 g/mol. The molecule has 1 atom stereocenters. The third kappa shape index (κ3) is 5.40. The summed E-state index contributed by atoms with van der Waals surface area (Å²) in [7, 11) is 0. The van der Waals surface area contributed by atoms with Crippen LogP contribution in [0.1, 0.15) is 64.0 Å². The standard InChI is InChI=1S/C18H28FNO/c1-14(2)20-13-18(16-11-7-8-12-17(16)19)21-15-9-5-3-4-6-10-15/h7-8,11-12,14-15,18,20H,3-6,9-10,13H2,1-2H3. The Labute approximate surface area is 128 Å². The quantitative estimate of drug-likeness (QED) is 0.774. The average molecular weight is 293 g/mol. The van der Waals surface area contributed by atoms with Crippen LogP contribution in [-0.2, 0) is 4.74 Å². The maximum absolute atomic E-state index is 14.1. The highest BCUT2D eigenvalue weighted by Crippen LogP contribution is 2.27. The van der Waals surface area contributed by atoms with Gasteiger partial charge < -0.3 is 10.1 Å². The third-order valence-electron chi connectivity index (χ3n) is 4.12. The molecule has 0 heterocycles. The van der Waals surface area contributed by atoms with E-state index in [1.807, 2.05) is 12.1 Å². The first-order valence-corrected chi connectivity index (χ1v) is 8.30. The van der Waals surface area contributed by atoms with Gasteiger partial charge in [-0.25, -0.2) is 4.39 Å². The van der Waals surface area contributed by atoms with Crippen molar-refractivity contribution < 1.29 is 9.13 Å².